The molecule has 1 aromatic heterocycles. The summed E-state index contributed by atoms with van der Waals surface area (Å²) in [7, 11) is 0. The number of nitrogens with zero attached hydrogens (tertiary/aromatic N) is 1. The molecule has 7 heteroatoms. The van der Waals surface area contributed by atoms with Crippen LogP contribution >= 0.6 is 15.9 Å². The second kappa shape index (κ2) is 6.53. The van der Waals surface area contributed by atoms with E-state index in [-0.39, 0.29) is 5.76 Å². The van der Waals surface area contributed by atoms with Gasteiger partial charge in [0.1, 0.15) is 0 Å². The van der Waals surface area contributed by atoms with Crippen LogP contribution in [0.3, 0.4) is 0 Å². The molecule has 6 nitrogen and oxygen atoms in total. The summed E-state index contributed by atoms with van der Waals surface area (Å²) in [6.07, 6.45) is 1.47. The van der Waals surface area contributed by atoms with Gasteiger partial charge in [-0.2, -0.15) is 0 Å². The number of ether oxygens (including phenoxy) is 1. The van der Waals surface area contributed by atoms with Gasteiger partial charge in [-0.1, -0.05) is 5.16 Å². The fraction of sp³-hybridized carbons (Fsp3) is 0.214. The van der Waals surface area contributed by atoms with Gasteiger partial charge in [0.2, 0.25) is 5.76 Å². The maximum Gasteiger partial charge on any atom is 0.338 e. The summed E-state index contributed by atoms with van der Waals surface area (Å²) in [5, 5.41) is 6.24. The van der Waals surface area contributed by atoms with Crippen molar-refractivity contribution in [3.05, 3.63) is 45.8 Å². The van der Waals surface area contributed by atoms with Crippen molar-refractivity contribution in [1.29, 1.82) is 0 Å². The van der Waals surface area contributed by atoms with Crippen LogP contribution in [0.25, 0.3) is 0 Å². The summed E-state index contributed by atoms with van der Waals surface area (Å²) in [6.45, 7) is 3.77. The van der Waals surface area contributed by atoms with Crippen molar-refractivity contribution < 1.29 is 18.8 Å². The molecule has 0 saturated carbocycles. The molecule has 2 aromatic rings. The van der Waals surface area contributed by atoms with E-state index < -0.39 is 11.9 Å². The Morgan fingerprint density at radius 2 is 2.19 bits per heavy atom. The highest BCUT2D eigenvalue weighted by Gasteiger charge is 2.16. The van der Waals surface area contributed by atoms with Crippen molar-refractivity contribution in [1.82, 2.24) is 5.16 Å². The summed E-state index contributed by atoms with van der Waals surface area (Å²) < 4.78 is 10.4. The number of nitrogens with one attached hydrogen (secondary N) is 1. The third kappa shape index (κ3) is 3.49. The Kier molecular flexibility index (Phi) is 4.74. The molecule has 0 bridgehead atoms. The average molecular weight is 353 g/mol. The van der Waals surface area contributed by atoms with E-state index in [0.717, 1.165) is 0 Å². The molecular weight excluding hydrogens is 340 g/mol. The first kappa shape index (κ1) is 15.2. The van der Waals surface area contributed by atoms with Crippen molar-refractivity contribution in [2.75, 3.05) is 11.9 Å². The zero-order valence-corrected chi connectivity index (χ0v) is 13.1. The van der Waals surface area contributed by atoms with Gasteiger partial charge in [-0.25, -0.2) is 4.79 Å². The van der Waals surface area contributed by atoms with Crippen LogP contribution in [0.4, 0.5) is 5.69 Å². The van der Waals surface area contributed by atoms with Crippen LogP contribution < -0.4 is 5.32 Å². The Morgan fingerprint density at radius 1 is 1.43 bits per heavy atom. The highest BCUT2D eigenvalue weighted by molar-refractivity contribution is 9.10. The summed E-state index contributed by atoms with van der Waals surface area (Å²) in [5.41, 5.74) is 1.56. The summed E-state index contributed by atoms with van der Waals surface area (Å²) in [4.78, 5) is 23.6. The fourth-order valence-corrected chi connectivity index (χ4v) is 2.12. The molecule has 0 aliphatic carbocycles. The number of carbonyl (C=O) groups excluding carboxylic acids is 2. The smallest absolute Gasteiger partial charge is 0.338 e. The predicted molar refractivity (Wildman–Crippen MR) is 79.3 cm³/mol. The Labute approximate surface area is 129 Å². The number of esters is 1. The zero-order valence-electron chi connectivity index (χ0n) is 11.5. The molecule has 1 aromatic carbocycles. The van der Waals surface area contributed by atoms with E-state index in [1.807, 2.05) is 0 Å². The average Bonchev–Trinajstić information content (AvgIpc) is 2.87. The van der Waals surface area contributed by atoms with Gasteiger partial charge < -0.3 is 14.6 Å². The maximum atomic E-state index is 12.0. The number of aromatic nitrogens is 1. The molecule has 21 heavy (non-hydrogen) atoms. The molecule has 0 aliphatic heterocycles. The number of hydrogen-bond acceptors (Lipinski definition) is 5. The van der Waals surface area contributed by atoms with Gasteiger partial charge in [0.15, 0.2) is 0 Å². The number of benzene rings is 1. The van der Waals surface area contributed by atoms with E-state index in [1.54, 1.807) is 32.0 Å². The molecule has 0 unspecified atom stereocenters. The maximum absolute atomic E-state index is 12.0. The number of aryl methyl sites for hydroxylation is 1. The van der Waals surface area contributed by atoms with Crippen LogP contribution in [0.5, 0.6) is 0 Å². The standard InChI is InChI=1S/C14H13BrN2O4/c1-3-20-14(19)9-4-5-11(10(15)6-9)17-13(18)12-8(2)7-16-21-12/h4-7H,3H2,1-2H3,(H,17,18). The molecule has 1 heterocycles. The summed E-state index contributed by atoms with van der Waals surface area (Å²) >= 11 is 3.31. The van der Waals surface area contributed by atoms with E-state index >= 15 is 0 Å². The Balaban J connectivity index is 2.16. The highest BCUT2D eigenvalue weighted by atomic mass is 79.9. The van der Waals surface area contributed by atoms with Crippen LogP contribution in [-0.2, 0) is 4.74 Å². The third-order valence-corrected chi connectivity index (χ3v) is 3.34. The summed E-state index contributed by atoms with van der Waals surface area (Å²) in [6, 6.07) is 4.77. The van der Waals surface area contributed by atoms with Crippen molar-refractivity contribution in [3.8, 4) is 0 Å². The molecular formula is C14H13BrN2O4. The van der Waals surface area contributed by atoms with Crippen LogP contribution in [-0.4, -0.2) is 23.6 Å². The van der Waals surface area contributed by atoms with Gasteiger partial charge >= 0.3 is 5.97 Å². The quantitative estimate of drug-likeness (QED) is 0.854. The number of amides is 1. The number of carbonyl (C=O) groups is 2. The lowest BCUT2D eigenvalue weighted by Crippen LogP contribution is -2.13. The molecule has 2 rings (SSSR count). The largest absolute Gasteiger partial charge is 0.462 e. The van der Waals surface area contributed by atoms with Crippen molar-refractivity contribution in [3.63, 3.8) is 0 Å². The lowest BCUT2D eigenvalue weighted by Gasteiger charge is -2.08. The third-order valence-electron chi connectivity index (χ3n) is 2.68. The minimum absolute atomic E-state index is 0.149. The SMILES string of the molecule is CCOC(=O)c1ccc(NC(=O)c2oncc2C)c(Br)c1. The predicted octanol–water partition coefficient (Wildman–Crippen LogP) is 3.17. The fourth-order valence-electron chi connectivity index (χ4n) is 1.65. The zero-order chi connectivity index (χ0) is 15.4. The van der Waals surface area contributed by atoms with E-state index in [2.05, 4.69) is 26.4 Å². The van der Waals surface area contributed by atoms with Gasteiger partial charge in [-0.05, 0) is 48.0 Å². The van der Waals surface area contributed by atoms with Crippen LogP contribution in [0, 0.1) is 6.92 Å². The van der Waals surface area contributed by atoms with Gasteiger partial charge in [-0.3, -0.25) is 4.79 Å². The van der Waals surface area contributed by atoms with E-state index in [4.69, 9.17) is 9.26 Å². The van der Waals surface area contributed by atoms with Crippen LogP contribution in [0.1, 0.15) is 33.4 Å². The lowest BCUT2D eigenvalue weighted by molar-refractivity contribution is 0.0526. The van der Waals surface area contributed by atoms with E-state index in [0.29, 0.717) is 27.9 Å². The molecule has 1 N–H and O–H groups in total. The van der Waals surface area contributed by atoms with Crippen molar-refractivity contribution in [2.45, 2.75) is 13.8 Å². The molecule has 0 aliphatic rings. The first-order valence-corrected chi connectivity index (χ1v) is 7.01. The number of anilines is 1. The number of rotatable bonds is 4. The first-order valence-electron chi connectivity index (χ1n) is 6.22. The van der Waals surface area contributed by atoms with Crippen molar-refractivity contribution >= 4 is 33.5 Å². The molecule has 1 amide bonds. The normalized spacial score (nSPS) is 10.2. The molecule has 0 radical (unpaired) electrons. The van der Waals surface area contributed by atoms with Crippen molar-refractivity contribution in [2.24, 2.45) is 0 Å². The highest BCUT2D eigenvalue weighted by Crippen LogP contribution is 2.25. The Hall–Kier alpha value is -2.15. The molecule has 110 valence electrons. The second-order valence-corrected chi connectivity index (χ2v) is 5.06. The topological polar surface area (TPSA) is 81.4 Å². The monoisotopic (exact) mass is 352 g/mol. The van der Waals surface area contributed by atoms with Gasteiger partial charge in [-0.15, -0.1) is 0 Å². The first-order chi connectivity index (χ1) is 10.0. The number of halogens is 1. The lowest BCUT2D eigenvalue weighted by atomic mass is 10.2. The Morgan fingerprint density at radius 3 is 2.76 bits per heavy atom. The van der Waals surface area contributed by atoms with Gasteiger partial charge in [0, 0.05) is 10.0 Å². The Bertz CT molecular complexity index is 681. The number of hydrogen-bond donors (Lipinski definition) is 1. The molecule has 0 saturated heterocycles. The van der Waals surface area contributed by atoms with Crippen LogP contribution in [0.2, 0.25) is 0 Å². The minimum Gasteiger partial charge on any atom is -0.462 e. The van der Waals surface area contributed by atoms with E-state index in [1.165, 1.54) is 6.20 Å². The van der Waals surface area contributed by atoms with Gasteiger partial charge in [0.05, 0.1) is 24.1 Å². The van der Waals surface area contributed by atoms with Crippen LogP contribution in [0.15, 0.2) is 33.4 Å². The van der Waals surface area contributed by atoms with Gasteiger partial charge in [0.25, 0.3) is 5.91 Å². The molecule has 0 spiro atoms. The molecule has 0 atom stereocenters. The second-order valence-electron chi connectivity index (χ2n) is 4.21. The molecule has 0 fully saturated rings. The summed E-state index contributed by atoms with van der Waals surface area (Å²) in [5.74, 6) is -0.673. The van der Waals surface area contributed by atoms with E-state index in [9.17, 15) is 9.59 Å². The minimum atomic E-state index is -0.415.